The molecule has 0 unspecified atom stereocenters. The van der Waals surface area contributed by atoms with Crippen LogP contribution in [-0.2, 0) is 39.8 Å². The van der Waals surface area contributed by atoms with Crippen LogP contribution in [0.4, 0.5) is 15.3 Å². The van der Waals surface area contributed by atoms with E-state index in [2.05, 4.69) is 16.0 Å². The molecule has 1 aromatic rings. The van der Waals surface area contributed by atoms with E-state index in [1.807, 2.05) is 6.08 Å². The Kier molecular flexibility index (Phi) is 17.1. The molecule has 1 heterocycles. The molecule has 53 heavy (non-hydrogen) atoms. The number of ether oxygens (including phenoxy) is 6. The van der Waals surface area contributed by atoms with Crippen LogP contribution in [-0.4, -0.2) is 119 Å². The SMILES string of the molecule is CC[C@@H](O)[C@H](OCCO)O[C@@H]1[C@@H](O)[C@H](O[C@@H]2CCC=C(CN)O2)[C@@H](NC(=O)OCc2ccc([N+](=O)[O-])cc2)C[C@H]1NC(=O)CCNC(=O)OC(C)(C)C. The zero-order chi connectivity index (χ0) is 39.1. The summed E-state index contributed by atoms with van der Waals surface area (Å²) >= 11 is 0. The molecule has 1 aliphatic heterocycles. The maximum Gasteiger partial charge on any atom is 0.407 e. The van der Waals surface area contributed by atoms with Crippen LogP contribution in [0.1, 0.15) is 65.4 Å². The summed E-state index contributed by atoms with van der Waals surface area (Å²) in [6.07, 6.45) is -6.50. The van der Waals surface area contributed by atoms with Crippen molar-refractivity contribution in [1.82, 2.24) is 16.0 Å². The molecule has 298 valence electrons. The highest BCUT2D eigenvalue weighted by molar-refractivity contribution is 5.77. The lowest BCUT2D eigenvalue weighted by Crippen LogP contribution is -2.67. The molecule has 1 fully saturated rings. The van der Waals surface area contributed by atoms with E-state index in [1.165, 1.54) is 24.3 Å². The number of alkyl carbamates (subject to hydrolysis) is 2. The van der Waals surface area contributed by atoms with Crippen molar-refractivity contribution < 1.29 is 63.0 Å². The van der Waals surface area contributed by atoms with Gasteiger partial charge in [0.25, 0.3) is 5.69 Å². The molecule has 2 aliphatic rings. The second kappa shape index (κ2) is 21.0. The first-order valence-corrected chi connectivity index (χ1v) is 17.5. The highest BCUT2D eigenvalue weighted by Crippen LogP contribution is 2.31. The predicted molar refractivity (Wildman–Crippen MR) is 186 cm³/mol. The molecule has 0 saturated heterocycles. The number of aliphatic hydroxyl groups excluding tert-OH is 3. The normalized spacial score (nSPS) is 24.1. The van der Waals surface area contributed by atoms with Gasteiger partial charge in [-0.3, -0.25) is 14.9 Å². The summed E-state index contributed by atoms with van der Waals surface area (Å²) in [6, 6.07) is 3.37. The molecule has 8 N–H and O–H groups in total. The number of nitrogens with one attached hydrogen (secondary N) is 3. The minimum absolute atomic E-state index is 0.0866. The molecule has 0 spiro atoms. The minimum Gasteiger partial charge on any atom is -0.468 e. The van der Waals surface area contributed by atoms with Gasteiger partial charge >= 0.3 is 12.2 Å². The maximum absolute atomic E-state index is 13.2. The van der Waals surface area contributed by atoms with Gasteiger partial charge in [-0.05, 0) is 63.8 Å². The Labute approximate surface area is 307 Å². The summed E-state index contributed by atoms with van der Waals surface area (Å²) in [5.74, 6) is -0.0806. The zero-order valence-corrected chi connectivity index (χ0v) is 30.4. The van der Waals surface area contributed by atoms with Gasteiger partial charge in [-0.1, -0.05) is 6.92 Å². The van der Waals surface area contributed by atoms with E-state index in [4.69, 9.17) is 34.2 Å². The molecule has 3 rings (SSSR count). The van der Waals surface area contributed by atoms with E-state index in [1.54, 1.807) is 27.7 Å². The van der Waals surface area contributed by atoms with Crippen LogP contribution in [0.2, 0.25) is 0 Å². The van der Waals surface area contributed by atoms with Gasteiger partial charge in [0.15, 0.2) is 12.6 Å². The Balaban J connectivity index is 1.86. The predicted octanol–water partition coefficient (Wildman–Crippen LogP) is 1.21. The maximum atomic E-state index is 13.2. The molecule has 19 heteroatoms. The van der Waals surface area contributed by atoms with Crippen molar-refractivity contribution in [2.75, 3.05) is 26.3 Å². The Morgan fingerprint density at radius 1 is 1.11 bits per heavy atom. The molecule has 8 atom stereocenters. The number of rotatable bonds is 18. The number of carbonyl (C=O) groups excluding carboxylic acids is 3. The molecule has 3 amide bonds. The topological polar surface area (TPSA) is 273 Å². The number of non-ortho nitro benzene ring substituents is 1. The molecule has 0 radical (unpaired) electrons. The number of nitrogens with two attached hydrogens (primary N) is 1. The first-order chi connectivity index (χ1) is 25.1. The number of hydrogen-bond donors (Lipinski definition) is 7. The summed E-state index contributed by atoms with van der Waals surface area (Å²) in [4.78, 5) is 48.9. The van der Waals surface area contributed by atoms with Crippen LogP contribution in [0.5, 0.6) is 0 Å². The lowest BCUT2D eigenvalue weighted by Gasteiger charge is -2.46. The Hall–Kier alpha value is -4.11. The van der Waals surface area contributed by atoms with Crippen molar-refractivity contribution in [3.63, 3.8) is 0 Å². The minimum atomic E-state index is -1.59. The number of benzene rings is 1. The average molecular weight is 756 g/mol. The third kappa shape index (κ3) is 14.3. The third-order valence-corrected chi connectivity index (χ3v) is 8.13. The first kappa shape index (κ1) is 43.3. The number of carbonyl (C=O) groups is 3. The second-order valence-corrected chi connectivity index (χ2v) is 13.5. The summed E-state index contributed by atoms with van der Waals surface area (Å²) < 4.78 is 34.4. The zero-order valence-electron chi connectivity index (χ0n) is 30.4. The molecular formula is C34H53N5O14. The molecule has 1 saturated carbocycles. The smallest absolute Gasteiger partial charge is 0.407 e. The van der Waals surface area contributed by atoms with E-state index in [0.29, 0.717) is 24.2 Å². The van der Waals surface area contributed by atoms with E-state index in [0.717, 1.165) is 0 Å². The Morgan fingerprint density at radius 3 is 2.43 bits per heavy atom. The molecule has 0 aromatic heterocycles. The van der Waals surface area contributed by atoms with Gasteiger partial charge in [0, 0.05) is 31.5 Å². The fraction of sp³-hybridized carbons (Fsp3) is 0.676. The lowest BCUT2D eigenvalue weighted by molar-refractivity contribution is -0.384. The van der Waals surface area contributed by atoms with Crippen molar-refractivity contribution >= 4 is 23.8 Å². The standard InChI is InChI=1S/C34H53N5O14/c1-5-25(41)31(48-16-15-40)52-30-23(37-26(42)13-14-36-32(44)53-34(2,3)4)17-24(29(28(30)43)51-27-8-6-7-22(18-35)50-27)38-33(45)49-19-20-9-11-21(12-10-20)39(46)47/h7,9-12,23-25,27-31,40-41,43H,5-6,8,13-19,35H2,1-4H3,(H,36,44)(H,37,42)(H,38,45)/t23-,24+,25-,27-,28+,29-,30+,31-/m1/s1. The summed E-state index contributed by atoms with van der Waals surface area (Å²) in [5, 5.41) is 51.0. The molecule has 0 bridgehead atoms. The highest BCUT2D eigenvalue weighted by atomic mass is 16.7. The van der Waals surface area contributed by atoms with E-state index < -0.39 is 77.7 Å². The number of nitrogens with zero attached hydrogens (tertiary/aromatic N) is 1. The fourth-order valence-corrected chi connectivity index (χ4v) is 5.58. The fourth-order valence-electron chi connectivity index (χ4n) is 5.58. The number of amides is 3. The van der Waals surface area contributed by atoms with Gasteiger partial charge in [-0.25, -0.2) is 9.59 Å². The number of aliphatic hydroxyl groups is 3. The van der Waals surface area contributed by atoms with Gasteiger partial charge in [-0.2, -0.15) is 0 Å². The van der Waals surface area contributed by atoms with Gasteiger partial charge < -0.3 is 65.4 Å². The number of nitro benzene ring substituents is 1. The van der Waals surface area contributed by atoms with Crippen molar-refractivity contribution in [1.29, 1.82) is 0 Å². The molecule has 1 aliphatic carbocycles. The van der Waals surface area contributed by atoms with E-state index in [-0.39, 0.29) is 57.9 Å². The molecular weight excluding hydrogens is 702 g/mol. The largest absolute Gasteiger partial charge is 0.468 e. The average Bonchev–Trinajstić information content (AvgIpc) is 3.11. The first-order valence-electron chi connectivity index (χ1n) is 17.5. The van der Waals surface area contributed by atoms with Crippen LogP contribution in [0.3, 0.4) is 0 Å². The van der Waals surface area contributed by atoms with Crippen LogP contribution in [0.25, 0.3) is 0 Å². The summed E-state index contributed by atoms with van der Waals surface area (Å²) in [5.41, 5.74) is 5.37. The van der Waals surface area contributed by atoms with Gasteiger partial charge in [-0.15, -0.1) is 0 Å². The van der Waals surface area contributed by atoms with Gasteiger partial charge in [0.1, 0.15) is 42.4 Å². The third-order valence-electron chi connectivity index (χ3n) is 8.13. The van der Waals surface area contributed by atoms with Crippen molar-refractivity contribution in [2.24, 2.45) is 5.73 Å². The Morgan fingerprint density at radius 2 is 1.81 bits per heavy atom. The lowest BCUT2D eigenvalue weighted by atomic mass is 9.83. The van der Waals surface area contributed by atoms with Crippen molar-refractivity contribution in [2.45, 2.75) is 121 Å². The van der Waals surface area contributed by atoms with Crippen LogP contribution in [0, 0.1) is 10.1 Å². The van der Waals surface area contributed by atoms with E-state index in [9.17, 15) is 39.8 Å². The number of nitro groups is 1. The highest BCUT2D eigenvalue weighted by Gasteiger charge is 2.49. The van der Waals surface area contributed by atoms with Crippen LogP contribution in [0.15, 0.2) is 36.1 Å². The molecule has 1 aromatic carbocycles. The second-order valence-electron chi connectivity index (χ2n) is 13.5. The van der Waals surface area contributed by atoms with Crippen LogP contribution < -0.4 is 21.7 Å². The van der Waals surface area contributed by atoms with Crippen LogP contribution >= 0.6 is 0 Å². The van der Waals surface area contributed by atoms with Crippen molar-refractivity contribution in [3.05, 3.63) is 51.8 Å². The van der Waals surface area contributed by atoms with Gasteiger partial charge in [0.2, 0.25) is 5.91 Å². The van der Waals surface area contributed by atoms with Gasteiger partial charge in [0.05, 0.1) is 36.8 Å². The molecule has 19 nitrogen and oxygen atoms in total. The van der Waals surface area contributed by atoms with Crippen molar-refractivity contribution in [3.8, 4) is 0 Å². The quantitative estimate of drug-likeness (QED) is 0.0630. The number of allylic oxidation sites excluding steroid dienone is 1. The number of hydrogen-bond acceptors (Lipinski definition) is 15. The van der Waals surface area contributed by atoms with E-state index >= 15 is 0 Å². The summed E-state index contributed by atoms with van der Waals surface area (Å²) in [7, 11) is 0. The monoisotopic (exact) mass is 755 g/mol. The summed E-state index contributed by atoms with van der Waals surface area (Å²) in [6.45, 7) is 5.95. The Bertz CT molecular complexity index is 1370.